The van der Waals surface area contributed by atoms with Gasteiger partial charge in [0.1, 0.15) is 5.75 Å². The van der Waals surface area contributed by atoms with E-state index in [1.807, 2.05) is 30.5 Å². The number of carbonyl (C=O) groups excluding carboxylic acids is 1. The third-order valence-corrected chi connectivity index (χ3v) is 3.47. The maximum absolute atomic E-state index is 10.9. The normalized spacial score (nSPS) is 9.83. The van der Waals surface area contributed by atoms with E-state index in [9.17, 15) is 4.79 Å². The molecule has 0 saturated carbocycles. The summed E-state index contributed by atoms with van der Waals surface area (Å²) in [4.78, 5) is 15.3. The Balaban J connectivity index is 0.00000264. The molecule has 0 aliphatic rings. The monoisotopic (exact) mass is 385 g/mol. The molecule has 0 fully saturated rings. The molecule has 3 nitrogen and oxygen atoms in total. The molecular weight excluding hydrogens is 363 g/mol. The summed E-state index contributed by atoms with van der Waals surface area (Å²) in [5, 5.41) is 0. The van der Waals surface area contributed by atoms with Crippen molar-refractivity contribution in [2.24, 2.45) is 0 Å². The molecule has 0 aliphatic carbocycles. The summed E-state index contributed by atoms with van der Waals surface area (Å²) in [5.74, 6) is 0.943. The number of hydrogen-bond acceptors (Lipinski definition) is 3. The molecule has 1 aromatic carbocycles. The summed E-state index contributed by atoms with van der Waals surface area (Å²) in [6.07, 6.45) is 6.08. The smallest absolute Gasteiger partial charge is 0.119 e. The van der Waals surface area contributed by atoms with Gasteiger partial charge in [-0.15, -0.1) is 6.42 Å². The van der Waals surface area contributed by atoms with Gasteiger partial charge in [0, 0.05) is 51.0 Å². The van der Waals surface area contributed by atoms with Crippen LogP contribution in [0.2, 0.25) is 0 Å². The molecule has 119 valence electrons. The summed E-state index contributed by atoms with van der Waals surface area (Å²) < 4.78 is 5.73. The summed E-state index contributed by atoms with van der Waals surface area (Å²) in [5.41, 5.74) is 3.41. The number of benzene rings is 1. The summed E-state index contributed by atoms with van der Waals surface area (Å²) >= 11 is 0. The van der Waals surface area contributed by atoms with Crippen molar-refractivity contribution in [1.82, 2.24) is 4.98 Å². The number of ketones is 1. The van der Waals surface area contributed by atoms with Gasteiger partial charge in [-0.1, -0.05) is 30.7 Å². The number of hydrogen-bond donors (Lipinski definition) is 0. The average molecular weight is 385 g/mol. The second kappa shape index (κ2) is 10.6. The van der Waals surface area contributed by atoms with Gasteiger partial charge >= 0.3 is 0 Å². The van der Waals surface area contributed by atoms with Crippen LogP contribution in [0.5, 0.6) is 5.75 Å². The van der Waals surface area contributed by atoms with Crippen molar-refractivity contribution >= 4 is 5.78 Å². The maximum atomic E-state index is 10.9. The van der Waals surface area contributed by atoms with E-state index in [-0.39, 0.29) is 38.5 Å². The Labute approximate surface area is 163 Å². The first-order valence-corrected chi connectivity index (χ1v) is 7.66. The molecule has 0 amide bonds. The zero-order chi connectivity index (χ0) is 15.8. The third-order valence-electron chi connectivity index (χ3n) is 3.47. The van der Waals surface area contributed by atoms with Crippen molar-refractivity contribution in [2.45, 2.75) is 33.1 Å². The van der Waals surface area contributed by atoms with E-state index in [0.29, 0.717) is 13.0 Å². The van der Waals surface area contributed by atoms with Gasteiger partial charge in [-0.2, -0.15) is 0 Å². The van der Waals surface area contributed by atoms with Crippen molar-refractivity contribution in [3.8, 4) is 5.75 Å². The summed E-state index contributed by atoms with van der Waals surface area (Å²) in [6, 6.07) is 12.0. The number of Topliss-reactive ketones (excluding diaryl/α,β-unsaturated/α-hetero) is 1. The van der Waals surface area contributed by atoms with E-state index in [1.165, 1.54) is 5.56 Å². The van der Waals surface area contributed by atoms with Crippen LogP contribution in [-0.4, -0.2) is 17.4 Å². The van der Waals surface area contributed by atoms with Gasteiger partial charge in [-0.25, -0.2) is 0 Å². The fourth-order valence-electron chi connectivity index (χ4n) is 2.07. The molecule has 1 heterocycles. The topological polar surface area (TPSA) is 39.2 Å². The first-order chi connectivity index (χ1) is 10.7. The predicted octanol–water partition coefficient (Wildman–Crippen LogP) is 3.60. The number of pyridine rings is 1. The van der Waals surface area contributed by atoms with Crippen LogP contribution < -0.4 is 4.74 Å². The molecule has 1 radical (unpaired) electrons. The molecule has 0 atom stereocenters. The second-order valence-corrected chi connectivity index (χ2v) is 5.27. The minimum absolute atomic E-state index is 0. The molecule has 0 unspecified atom stereocenters. The van der Waals surface area contributed by atoms with E-state index in [0.717, 1.165) is 29.8 Å². The summed E-state index contributed by atoms with van der Waals surface area (Å²) in [6.45, 7) is 4.30. The fraction of sp³-hybridized carbons (Fsp3) is 0.316. The van der Waals surface area contributed by atoms with E-state index in [4.69, 9.17) is 4.74 Å². The maximum Gasteiger partial charge on any atom is 0.119 e. The number of carbonyl (C=O) groups is 1. The first kappa shape index (κ1) is 19.9. The Morgan fingerprint density at radius 3 is 2.39 bits per heavy atom. The van der Waals surface area contributed by atoms with Crippen molar-refractivity contribution in [1.29, 1.82) is 0 Å². The average Bonchev–Trinajstić information content (AvgIpc) is 2.55. The van der Waals surface area contributed by atoms with Gasteiger partial charge in [0.25, 0.3) is 0 Å². The van der Waals surface area contributed by atoms with Crippen LogP contribution in [0, 0.1) is 6.42 Å². The number of aromatic nitrogens is 1. The van der Waals surface area contributed by atoms with Crippen molar-refractivity contribution < 1.29 is 42.2 Å². The van der Waals surface area contributed by atoms with Gasteiger partial charge in [-0.3, -0.25) is 4.98 Å². The molecular formula is C19H22NO2Y-. The quantitative estimate of drug-likeness (QED) is 0.652. The standard InChI is InChI=1S/C19H22NO2.Y/c1-3-16-6-9-18(20-14-16)12-13-22-19-10-7-17(8-11-19)5-4-15(2)21;/h4,6-11,14H,3,5,12-13H2,1-2H3;/q-1;. The van der Waals surface area contributed by atoms with E-state index >= 15 is 0 Å². The number of nitrogens with zero attached hydrogens (tertiary/aromatic N) is 1. The van der Waals surface area contributed by atoms with Gasteiger partial charge in [0.15, 0.2) is 0 Å². The largest absolute Gasteiger partial charge is 0.493 e. The first-order valence-electron chi connectivity index (χ1n) is 7.66. The van der Waals surface area contributed by atoms with Gasteiger partial charge < -0.3 is 16.0 Å². The van der Waals surface area contributed by atoms with Gasteiger partial charge in [0.05, 0.1) is 6.61 Å². The van der Waals surface area contributed by atoms with E-state index < -0.39 is 0 Å². The molecule has 0 spiro atoms. The Morgan fingerprint density at radius 1 is 1.13 bits per heavy atom. The van der Waals surface area contributed by atoms with Gasteiger partial charge in [0.2, 0.25) is 0 Å². The minimum Gasteiger partial charge on any atom is -0.493 e. The van der Waals surface area contributed by atoms with Crippen LogP contribution in [0.4, 0.5) is 0 Å². The third kappa shape index (κ3) is 7.28. The van der Waals surface area contributed by atoms with Crippen LogP contribution in [0.25, 0.3) is 0 Å². The Morgan fingerprint density at radius 2 is 1.83 bits per heavy atom. The molecule has 23 heavy (non-hydrogen) atoms. The van der Waals surface area contributed by atoms with Crippen LogP contribution in [0.3, 0.4) is 0 Å². The number of rotatable bonds is 8. The predicted molar refractivity (Wildman–Crippen MR) is 87.9 cm³/mol. The van der Waals surface area contributed by atoms with Crippen LogP contribution >= 0.6 is 0 Å². The molecule has 0 saturated heterocycles. The molecule has 2 rings (SSSR count). The van der Waals surface area contributed by atoms with Crippen molar-refractivity contribution in [2.75, 3.05) is 6.61 Å². The zero-order valence-electron chi connectivity index (χ0n) is 13.8. The number of ether oxygens (including phenoxy) is 1. The second-order valence-electron chi connectivity index (χ2n) is 5.27. The molecule has 1 aromatic heterocycles. The Hall–Kier alpha value is -1.19. The molecule has 0 bridgehead atoms. The minimum atomic E-state index is 0. The number of aryl methyl sites for hydroxylation is 1. The van der Waals surface area contributed by atoms with Crippen LogP contribution in [0.15, 0.2) is 42.6 Å². The van der Waals surface area contributed by atoms with Crippen LogP contribution in [-0.2, 0) is 56.8 Å². The van der Waals surface area contributed by atoms with Crippen LogP contribution in [0.1, 0.15) is 30.7 Å². The molecule has 2 aromatic rings. The fourth-order valence-corrected chi connectivity index (χ4v) is 2.07. The SMILES string of the molecule is CCc1ccc(CCOc2ccc(C[CH-]C(C)=O)cc2)nc1.[Y]. The van der Waals surface area contributed by atoms with E-state index in [1.54, 1.807) is 13.3 Å². The van der Waals surface area contributed by atoms with Crippen molar-refractivity contribution in [3.63, 3.8) is 0 Å². The summed E-state index contributed by atoms with van der Waals surface area (Å²) in [7, 11) is 0. The Bertz CT molecular complexity index is 594. The zero-order valence-corrected chi connectivity index (χ0v) is 16.6. The molecule has 0 aliphatic heterocycles. The van der Waals surface area contributed by atoms with Crippen molar-refractivity contribution in [3.05, 3.63) is 65.8 Å². The molecule has 0 N–H and O–H groups in total. The van der Waals surface area contributed by atoms with E-state index in [2.05, 4.69) is 24.0 Å². The Kier molecular flexibility index (Phi) is 9.12. The van der Waals surface area contributed by atoms with Gasteiger partial charge in [-0.05, 0) is 42.9 Å². The molecule has 4 heteroatoms.